The molecule has 0 saturated carbocycles. The molecule has 0 aliphatic heterocycles. The van der Waals surface area contributed by atoms with Crippen LogP contribution in [-0.4, -0.2) is 36.5 Å². The summed E-state index contributed by atoms with van der Waals surface area (Å²) < 4.78 is 0. The van der Waals surface area contributed by atoms with Gasteiger partial charge in [0.2, 0.25) is 5.78 Å². The van der Waals surface area contributed by atoms with Crippen LogP contribution < -0.4 is 4.90 Å². The summed E-state index contributed by atoms with van der Waals surface area (Å²) >= 11 is 0. The number of hydrogen-bond donors (Lipinski definition) is 1. The number of hydrogen-bond acceptors (Lipinski definition) is 5. The molecule has 0 aliphatic carbocycles. The third-order valence-corrected chi connectivity index (χ3v) is 2.04. The molecule has 6 heteroatoms. The van der Waals surface area contributed by atoms with E-state index < -0.39 is 17.3 Å². The number of nitrogens with zero attached hydrogens (tertiary/aromatic N) is 2. The van der Waals surface area contributed by atoms with Gasteiger partial charge in [0.15, 0.2) is 0 Å². The van der Waals surface area contributed by atoms with Crippen molar-refractivity contribution in [2.75, 3.05) is 25.5 Å². The lowest BCUT2D eigenvalue weighted by Crippen LogP contribution is -2.18. The number of anilines is 1. The van der Waals surface area contributed by atoms with E-state index in [1.807, 2.05) is 0 Å². The third-order valence-electron chi connectivity index (χ3n) is 2.04. The summed E-state index contributed by atoms with van der Waals surface area (Å²) in [5, 5.41) is 19.5. The second-order valence-electron chi connectivity index (χ2n) is 3.51. The van der Waals surface area contributed by atoms with E-state index in [4.69, 9.17) is 0 Å². The van der Waals surface area contributed by atoms with Gasteiger partial charge in [-0.2, -0.15) is 0 Å². The molecule has 0 radical (unpaired) electrons. The summed E-state index contributed by atoms with van der Waals surface area (Å²) in [6.45, 7) is -0.744. The Hall–Kier alpha value is -2.11. The number of ketones is 1. The number of carbonyl (C=O) groups is 1. The standard InChI is InChI=1S/C10H12N2O4/c1-11(2)9-5-7(13)3-4-8(9)10(14)6-12(15)16/h3-5,13H,6H2,1-2H3. The van der Waals surface area contributed by atoms with Crippen molar-refractivity contribution < 1.29 is 14.8 Å². The maximum absolute atomic E-state index is 11.5. The van der Waals surface area contributed by atoms with Crippen LogP contribution in [-0.2, 0) is 0 Å². The molecule has 6 nitrogen and oxygen atoms in total. The first-order chi connectivity index (χ1) is 7.41. The molecule has 0 amide bonds. The third kappa shape index (κ3) is 2.69. The largest absolute Gasteiger partial charge is 0.508 e. The fraction of sp³-hybridized carbons (Fsp3) is 0.300. The SMILES string of the molecule is CN(C)c1cc(O)ccc1C(=O)C[N+](=O)[O-]. The lowest BCUT2D eigenvalue weighted by molar-refractivity contribution is -0.465. The Bertz CT molecular complexity index is 429. The number of phenolic OH excluding ortho intramolecular Hbond substituents is 1. The van der Waals surface area contributed by atoms with Gasteiger partial charge < -0.3 is 10.0 Å². The molecule has 0 aliphatic rings. The minimum Gasteiger partial charge on any atom is -0.508 e. The molecule has 0 spiro atoms. The molecule has 86 valence electrons. The lowest BCUT2D eigenvalue weighted by Gasteiger charge is -2.16. The number of nitro groups is 1. The first-order valence-electron chi connectivity index (χ1n) is 4.57. The predicted octanol–water partition coefficient (Wildman–Crippen LogP) is 0.918. The fourth-order valence-corrected chi connectivity index (χ4v) is 1.33. The Balaban J connectivity index is 3.12. The Morgan fingerprint density at radius 1 is 1.50 bits per heavy atom. The number of aromatic hydroxyl groups is 1. The molecule has 0 aromatic heterocycles. The van der Waals surface area contributed by atoms with Crippen molar-refractivity contribution in [2.45, 2.75) is 0 Å². The van der Waals surface area contributed by atoms with Crippen LogP contribution >= 0.6 is 0 Å². The van der Waals surface area contributed by atoms with E-state index in [1.54, 1.807) is 19.0 Å². The molecule has 1 N–H and O–H groups in total. The first-order valence-corrected chi connectivity index (χ1v) is 4.57. The quantitative estimate of drug-likeness (QED) is 0.467. The monoisotopic (exact) mass is 224 g/mol. The summed E-state index contributed by atoms with van der Waals surface area (Å²) in [4.78, 5) is 22.7. The van der Waals surface area contributed by atoms with Crippen LogP contribution in [0.2, 0.25) is 0 Å². The number of benzene rings is 1. The van der Waals surface area contributed by atoms with E-state index in [0.29, 0.717) is 5.69 Å². The number of rotatable bonds is 4. The van der Waals surface area contributed by atoms with Gasteiger partial charge in [0.1, 0.15) is 5.75 Å². The van der Waals surface area contributed by atoms with Gasteiger partial charge in [-0.25, -0.2) is 0 Å². The van der Waals surface area contributed by atoms with Crippen LogP contribution in [0.15, 0.2) is 18.2 Å². The van der Waals surface area contributed by atoms with Crippen molar-refractivity contribution in [2.24, 2.45) is 0 Å². The van der Waals surface area contributed by atoms with Crippen LogP contribution in [0.5, 0.6) is 5.75 Å². The Labute approximate surface area is 92.3 Å². The average molecular weight is 224 g/mol. The van der Waals surface area contributed by atoms with Crippen LogP contribution in [0.3, 0.4) is 0 Å². The van der Waals surface area contributed by atoms with E-state index in [2.05, 4.69) is 0 Å². The zero-order valence-corrected chi connectivity index (χ0v) is 9.01. The van der Waals surface area contributed by atoms with E-state index in [1.165, 1.54) is 18.2 Å². The summed E-state index contributed by atoms with van der Waals surface area (Å²) in [5.41, 5.74) is 0.700. The number of phenols is 1. The van der Waals surface area contributed by atoms with E-state index in [0.717, 1.165) is 0 Å². The van der Waals surface area contributed by atoms with Crippen LogP contribution in [0.4, 0.5) is 5.69 Å². The molecule has 1 aromatic carbocycles. The average Bonchev–Trinajstić information content (AvgIpc) is 2.16. The van der Waals surface area contributed by atoms with Gasteiger partial charge in [0, 0.05) is 30.6 Å². The molecular formula is C10H12N2O4. The minimum absolute atomic E-state index is 0.0151. The zero-order valence-electron chi connectivity index (χ0n) is 9.01. The van der Waals surface area contributed by atoms with Crippen molar-refractivity contribution >= 4 is 11.5 Å². The smallest absolute Gasteiger partial charge is 0.265 e. The Kier molecular flexibility index (Phi) is 3.44. The molecule has 0 atom stereocenters. The van der Waals surface area contributed by atoms with Crippen molar-refractivity contribution in [3.05, 3.63) is 33.9 Å². The molecule has 16 heavy (non-hydrogen) atoms. The minimum atomic E-state index is -0.744. The highest BCUT2D eigenvalue weighted by molar-refractivity contribution is 6.02. The highest BCUT2D eigenvalue weighted by Gasteiger charge is 2.17. The highest BCUT2D eigenvalue weighted by atomic mass is 16.6. The van der Waals surface area contributed by atoms with E-state index in [9.17, 15) is 20.0 Å². The van der Waals surface area contributed by atoms with E-state index >= 15 is 0 Å². The molecule has 0 saturated heterocycles. The van der Waals surface area contributed by atoms with Crippen molar-refractivity contribution in [3.63, 3.8) is 0 Å². The van der Waals surface area contributed by atoms with E-state index in [-0.39, 0.29) is 11.3 Å². The topological polar surface area (TPSA) is 83.7 Å². The van der Waals surface area contributed by atoms with Gasteiger partial charge >= 0.3 is 0 Å². The molecule has 0 heterocycles. The summed E-state index contributed by atoms with van der Waals surface area (Å²) in [7, 11) is 3.38. The Morgan fingerprint density at radius 2 is 2.12 bits per heavy atom. The van der Waals surface area contributed by atoms with Gasteiger partial charge in [-0.05, 0) is 12.1 Å². The van der Waals surface area contributed by atoms with Gasteiger partial charge in [0.25, 0.3) is 6.54 Å². The fourth-order valence-electron chi connectivity index (χ4n) is 1.33. The Morgan fingerprint density at radius 3 is 2.62 bits per heavy atom. The van der Waals surface area contributed by atoms with Crippen LogP contribution in [0, 0.1) is 10.1 Å². The second kappa shape index (κ2) is 4.61. The summed E-state index contributed by atoms with van der Waals surface area (Å²) in [6.07, 6.45) is 0. The van der Waals surface area contributed by atoms with Gasteiger partial charge in [-0.15, -0.1) is 0 Å². The molecule has 1 rings (SSSR count). The van der Waals surface area contributed by atoms with Crippen LogP contribution in [0.1, 0.15) is 10.4 Å². The predicted molar refractivity (Wildman–Crippen MR) is 58.6 cm³/mol. The van der Waals surface area contributed by atoms with Gasteiger partial charge in [-0.1, -0.05) is 0 Å². The first kappa shape index (κ1) is 12.0. The van der Waals surface area contributed by atoms with Crippen molar-refractivity contribution in [1.29, 1.82) is 0 Å². The molecule has 1 aromatic rings. The highest BCUT2D eigenvalue weighted by Crippen LogP contribution is 2.24. The molecule has 0 unspecified atom stereocenters. The van der Waals surface area contributed by atoms with Gasteiger partial charge in [0.05, 0.1) is 5.69 Å². The lowest BCUT2D eigenvalue weighted by atomic mass is 10.1. The maximum Gasteiger partial charge on any atom is 0.265 e. The molecule has 0 bridgehead atoms. The van der Waals surface area contributed by atoms with Crippen LogP contribution in [0.25, 0.3) is 0 Å². The maximum atomic E-state index is 11.5. The van der Waals surface area contributed by atoms with Gasteiger partial charge in [-0.3, -0.25) is 14.9 Å². The molecule has 0 fully saturated rings. The van der Waals surface area contributed by atoms with Crippen molar-refractivity contribution in [3.8, 4) is 5.75 Å². The number of carbonyl (C=O) groups excluding carboxylic acids is 1. The molecular weight excluding hydrogens is 212 g/mol. The summed E-state index contributed by atoms with van der Waals surface area (Å²) in [5.74, 6) is -0.560. The number of Topliss-reactive ketones (excluding diaryl/α,β-unsaturated/α-hetero) is 1. The second-order valence-corrected chi connectivity index (χ2v) is 3.51. The summed E-state index contributed by atoms with van der Waals surface area (Å²) in [6, 6.07) is 4.11. The normalized spacial score (nSPS) is 9.88. The zero-order chi connectivity index (χ0) is 12.3. The van der Waals surface area contributed by atoms with Crippen molar-refractivity contribution in [1.82, 2.24) is 0 Å².